The molecular formula is C14H13NO7. The summed E-state index contributed by atoms with van der Waals surface area (Å²) in [4.78, 5) is 44.2. The fraction of sp³-hybridized carbons (Fsp3) is 0.214. The van der Waals surface area contributed by atoms with Crippen LogP contribution in [0.2, 0.25) is 0 Å². The number of hydrogen-bond donors (Lipinski definition) is 0. The number of Topliss-reactive ketones (excluding diaryl/α,β-unsaturated/α-hetero) is 1. The average molecular weight is 307 g/mol. The van der Waals surface area contributed by atoms with Crippen LogP contribution < -0.4 is 0 Å². The molecule has 0 saturated carbocycles. The number of non-ortho nitro benzene ring substituents is 1. The maximum Gasteiger partial charge on any atom is 0.341 e. The van der Waals surface area contributed by atoms with E-state index in [-0.39, 0.29) is 11.3 Å². The van der Waals surface area contributed by atoms with Crippen molar-refractivity contribution in [2.24, 2.45) is 0 Å². The van der Waals surface area contributed by atoms with Gasteiger partial charge in [-0.15, -0.1) is 0 Å². The number of esters is 2. The first kappa shape index (κ1) is 17.0. The van der Waals surface area contributed by atoms with E-state index in [1.807, 2.05) is 0 Å². The van der Waals surface area contributed by atoms with Crippen LogP contribution in [-0.2, 0) is 23.9 Å². The molecule has 0 aliphatic heterocycles. The van der Waals surface area contributed by atoms with E-state index in [9.17, 15) is 24.5 Å². The van der Waals surface area contributed by atoms with Crippen LogP contribution in [0.15, 0.2) is 29.8 Å². The molecular weight excluding hydrogens is 294 g/mol. The number of carbonyl (C=O) groups excluding carboxylic acids is 3. The first-order chi connectivity index (χ1) is 10.3. The van der Waals surface area contributed by atoms with E-state index in [1.54, 1.807) is 0 Å². The van der Waals surface area contributed by atoms with E-state index >= 15 is 0 Å². The maximum absolute atomic E-state index is 11.9. The molecule has 0 aliphatic rings. The fourth-order valence-electron chi connectivity index (χ4n) is 1.47. The zero-order valence-corrected chi connectivity index (χ0v) is 11.9. The largest absolute Gasteiger partial charge is 0.465 e. The number of rotatable bonds is 6. The topological polar surface area (TPSA) is 113 Å². The number of nitrogens with zero attached hydrogens (tertiary/aromatic N) is 1. The highest BCUT2D eigenvalue weighted by molar-refractivity contribution is 6.21. The lowest BCUT2D eigenvalue weighted by Crippen LogP contribution is -2.20. The van der Waals surface area contributed by atoms with Gasteiger partial charge < -0.3 is 9.47 Å². The quantitative estimate of drug-likeness (QED) is 0.194. The molecule has 0 radical (unpaired) electrons. The predicted molar refractivity (Wildman–Crippen MR) is 74.7 cm³/mol. The number of nitro benzene ring substituents is 1. The van der Waals surface area contributed by atoms with E-state index in [1.165, 1.54) is 30.3 Å². The van der Waals surface area contributed by atoms with Crippen LogP contribution in [0.25, 0.3) is 6.08 Å². The lowest BCUT2D eigenvalue weighted by atomic mass is 10.1. The van der Waals surface area contributed by atoms with Crippen molar-refractivity contribution < 1.29 is 28.8 Å². The summed E-state index contributed by atoms with van der Waals surface area (Å²) in [5.74, 6) is -2.29. The van der Waals surface area contributed by atoms with Gasteiger partial charge in [0.05, 0.1) is 12.0 Å². The molecule has 8 heteroatoms. The number of ketones is 1. The number of carbonyl (C=O) groups is 3. The molecule has 116 valence electrons. The van der Waals surface area contributed by atoms with Crippen molar-refractivity contribution in [3.8, 4) is 0 Å². The van der Waals surface area contributed by atoms with Gasteiger partial charge in [-0.25, -0.2) is 4.79 Å². The van der Waals surface area contributed by atoms with Crippen molar-refractivity contribution in [1.29, 1.82) is 0 Å². The molecule has 0 saturated heterocycles. The minimum absolute atomic E-state index is 0.122. The van der Waals surface area contributed by atoms with Crippen molar-refractivity contribution in [3.05, 3.63) is 45.5 Å². The van der Waals surface area contributed by atoms with Crippen molar-refractivity contribution in [2.45, 2.75) is 6.92 Å². The van der Waals surface area contributed by atoms with Gasteiger partial charge in [0.25, 0.3) is 5.69 Å². The van der Waals surface area contributed by atoms with Crippen LogP contribution in [0.3, 0.4) is 0 Å². The molecule has 8 nitrogen and oxygen atoms in total. The SMILES string of the molecule is COC(=O)/C(=C\c1ccc([N+](=O)[O-])cc1)C(=O)COC(C)=O. The summed E-state index contributed by atoms with van der Waals surface area (Å²) in [7, 11) is 1.10. The van der Waals surface area contributed by atoms with Crippen molar-refractivity contribution in [2.75, 3.05) is 13.7 Å². The third-order valence-electron chi connectivity index (χ3n) is 2.53. The van der Waals surface area contributed by atoms with E-state index in [2.05, 4.69) is 9.47 Å². The first-order valence-electron chi connectivity index (χ1n) is 6.06. The van der Waals surface area contributed by atoms with Gasteiger partial charge in [-0.1, -0.05) is 0 Å². The van der Waals surface area contributed by atoms with Crippen LogP contribution in [0.5, 0.6) is 0 Å². The summed E-state index contributed by atoms with van der Waals surface area (Å²) < 4.78 is 9.04. The molecule has 0 fully saturated rings. The molecule has 1 aromatic carbocycles. The van der Waals surface area contributed by atoms with Gasteiger partial charge in [-0.3, -0.25) is 19.7 Å². The molecule has 0 amide bonds. The smallest absolute Gasteiger partial charge is 0.341 e. The zero-order valence-electron chi connectivity index (χ0n) is 11.9. The van der Waals surface area contributed by atoms with Crippen LogP contribution in [0.1, 0.15) is 12.5 Å². The Hall–Kier alpha value is -3.03. The Balaban J connectivity index is 3.04. The molecule has 22 heavy (non-hydrogen) atoms. The van der Waals surface area contributed by atoms with Gasteiger partial charge >= 0.3 is 11.9 Å². The van der Waals surface area contributed by atoms with Gasteiger partial charge in [0, 0.05) is 19.1 Å². The Morgan fingerprint density at radius 2 is 1.82 bits per heavy atom. The summed E-state index contributed by atoms with van der Waals surface area (Å²) in [5, 5.41) is 10.6. The molecule has 0 unspecified atom stereocenters. The molecule has 0 atom stereocenters. The van der Waals surface area contributed by atoms with Crippen LogP contribution >= 0.6 is 0 Å². The van der Waals surface area contributed by atoms with Gasteiger partial charge in [-0.2, -0.15) is 0 Å². The lowest BCUT2D eigenvalue weighted by Gasteiger charge is -2.05. The lowest BCUT2D eigenvalue weighted by molar-refractivity contribution is -0.384. The standard InChI is InChI=1S/C14H13NO7/c1-9(16)22-8-13(17)12(14(18)21-2)7-10-3-5-11(6-4-10)15(19)20/h3-7H,8H2,1-2H3/b12-7-. The van der Waals surface area contributed by atoms with Gasteiger partial charge in [0.1, 0.15) is 5.57 Å². The summed E-state index contributed by atoms with van der Waals surface area (Å²) in [6.07, 6.45) is 1.21. The zero-order chi connectivity index (χ0) is 16.7. The minimum Gasteiger partial charge on any atom is -0.465 e. The average Bonchev–Trinajstić information content (AvgIpc) is 2.49. The van der Waals surface area contributed by atoms with Gasteiger partial charge in [0.15, 0.2) is 6.61 Å². The minimum atomic E-state index is -0.893. The number of benzene rings is 1. The van der Waals surface area contributed by atoms with E-state index in [0.29, 0.717) is 5.56 Å². The van der Waals surface area contributed by atoms with Gasteiger partial charge in [-0.05, 0) is 23.8 Å². The molecule has 0 aliphatic carbocycles. The van der Waals surface area contributed by atoms with E-state index < -0.39 is 29.3 Å². The van der Waals surface area contributed by atoms with Crippen molar-refractivity contribution in [1.82, 2.24) is 0 Å². The Kier molecular flexibility index (Phi) is 5.94. The summed E-state index contributed by atoms with van der Waals surface area (Å²) in [5.41, 5.74) is -0.0530. The van der Waals surface area contributed by atoms with E-state index in [4.69, 9.17) is 0 Å². The number of methoxy groups -OCH3 is 1. The summed E-state index contributed by atoms with van der Waals surface area (Å²) in [6.45, 7) is 0.536. The molecule has 1 aromatic rings. The predicted octanol–water partition coefficient (Wildman–Crippen LogP) is 1.28. The van der Waals surface area contributed by atoms with E-state index in [0.717, 1.165) is 14.0 Å². The molecule has 0 N–H and O–H groups in total. The Morgan fingerprint density at radius 3 is 2.27 bits per heavy atom. The summed E-state index contributed by atoms with van der Waals surface area (Å²) >= 11 is 0. The normalized spacial score (nSPS) is 10.7. The van der Waals surface area contributed by atoms with Crippen molar-refractivity contribution in [3.63, 3.8) is 0 Å². The van der Waals surface area contributed by atoms with Crippen LogP contribution in [0, 0.1) is 10.1 Å². The van der Waals surface area contributed by atoms with Gasteiger partial charge in [0.2, 0.25) is 5.78 Å². The Bertz CT molecular complexity index is 631. The van der Waals surface area contributed by atoms with Crippen LogP contribution in [-0.4, -0.2) is 36.4 Å². The van der Waals surface area contributed by atoms with Crippen LogP contribution in [0.4, 0.5) is 5.69 Å². The Labute approximate surface area is 125 Å². The Morgan fingerprint density at radius 1 is 1.23 bits per heavy atom. The number of hydrogen-bond acceptors (Lipinski definition) is 7. The third-order valence-corrected chi connectivity index (χ3v) is 2.53. The molecule has 0 heterocycles. The third kappa shape index (κ3) is 4.82. The summed E-state index contributed by atoms with van der Waals surface area (Å²) in [6, 6.07) is 5.22. The van der Waals surface area contributed by atoms with Crippen molar-refractivity contribution >= 4 is 29.5 Å². The maximum atomic E-state index is 11.9. The first-order valence-corrected chi connectivity index (χ1v) is 6.06. The molecule has 0 spiro atoms. The highest BCUT2D eigenvalue weighted by atomic mass is 16.6. The fourth-order valence-corrected chi connectivity index (χ4v) is 1.47. The molecule has 0 aromatic heterocycles. The molecule has 1 rings (SSSR count). The second kappa shape index (κ2) is 7.67. The second-order valence-corrected chi connectivity index (χ2v) is 4.10. The second-order valence-electron chi connectivity index (χ2n) is 4.10. The monoisotopic (exact) mass is 307 g/mol. The highest BCUT2D eigenvalue weighted by Gasteiger charge is 2.20. The number of ether oxygens (including phenoxy) is 2. The molecule has 0 bridgehead atoms. The highest BCUT2D eigenvalue weighted by Crippen LogP contribution is 2.15. The number of nitro groups is 1.